The molecule has 5 rings (SSSR count). The number of hydrogen-bond donors (Lipinski definition) is 3. The van der Waals surface area contributed by atoms with Crippen LogP contribution < -0.4 is 10.9 Å². The summed E-state index contributed by atoms with van der Waals surface area (Å²) in [5.41, 5.74) is 2.97. The molecule has 0 unspecified atom stereocenters. The third kappa shape index (κ3) is 3.81. The highest BCUT2D eigenvalue weighted by Crippen LogP contribution is 2.39. The van der Waals surface area contributed by atoms with E-state index in [1.165, 1.54) is 0 Å². The van der Waals surface area contributed by atoms with Crippen LogP contribution in [-0.2, 0) is 10.3 Å². The van der Waals surface area contributed by atoms with Gasteiger partial charge in [0.1, 0.15) is 5.82 Å². The number of halogens is 2. The van der Waals surface area contributed by atoms with Crippen molar-refractivity contribution in [2.45, 2.75) is 19.4 Å². The second-order valence-electron chi connectivity index (χ2n) is 8.41. The van der Waals surface area contributed by atoms with E-state index in [2.05, 4.69) is 20.5 Å². The van der Waals surface area contributed by atoms with Crippen LogP contribution in [0.1, 0.15) is 19.4 Å². The molecular weight excluding hydrogens is 473 g/mol. The minimum absolute atomic E-state index is 0.218. The van der Waals surface area contributed by atoms with E-state index >= 15 is 0 Å². The molecule has 3 heterocycles. The Morgan fingerprint density at radius 2 is 1.79 bits per heavy atom. The Bertz CT molecular complexity index is 1570. The summed E-state index contributed by atoms with van der Waals surface area (Å²) in [6, 6.07) is 13.0. The summed E-state index contributed by atoms with van der Waals surface area (Å²) in [6.45, 7) is 3.87. The van der Waals surface area contributed by atoms with E-state index in [-0.39, 0.29) is 5.56 Å². The lowest BCUT2D eigenvalue weighted by molar-refractivity contribution is 0.0192. The molecule has 0 amide bonds. The molecule has 0 bridgehead atoms. The highest BCUT2D eigenvalue weighted by molar-refractivity contribution is 6.39. The number of rotatable bonds is 5. The molecule has 0 aliphatic heterocycles. The Labute approximate surface area is 205 Å². The van der Waals surface area contributed by atoms with E-state index in [0.717, 1.165) is 22.2 Å². The van der Waals surface area contributed by atoms with E-state index in [1.54, 1.807) is 25.6 Å². The van der Waals surface area contributed by atoms with Crippen molar-refractivity contribution < 1.29 is 4.74 Å². The zero-order valence-electron chi connectivity index (χ0n) is 18.7. The Kier molecular flexibility index (Phi) is 5.56. The average molecular weight is 494 g/mol. The van der Waals surface area contributed by atoms with Crippen molar-refractivity contribution in [3.05, 3.63) is 80.8 Å². The lowest BCUT2D eigenvalue weighted by atomic mass is 9.97. The minimum atomic E-state index is -0.556. The number of aromatic amines is 2. The molecule has 0 atom stereocenters. The summed E-state index contributed by atoms with van der Waals surface area (Å²) in [6.07, 6.45) is 3.28. The van der Waals surface area contributed by atoms with E-state index in [1.807, 2.05) is 50.2 Å². The molecule has 0 radical (unpaired) electrons. The van der Waals surface area contributed by atoms with Crippen LogP contribution in [0.25, 0.3) is 32.9 Å². The third-order valence-corrected chi connectivity index (χ3v) is 6.61. The normalized spacial score (nSPS) is 11.9. The van der Waals surface area contributed by atoms with Gasteiger partial charge in [0, 0.05) is 35.8 Å². The van der Waals surface area contributed by atoms with Gasteiger partial charge < -0.3 is 15.0 Å². The van der Waals surface area contributed by atoms with E-state index in [4.69, 9.17) is 32.9 Å². The Hall–Kier alpha value is -3.39. The van der Waals surface area contributed by atoms with Crippen molar-refractivity contribution in [2.75, 3.05) is 12.4 Å². The van der Waals surface area contributed by atoms with E-state index in [0.29, 0.717) is 37.8 Å². The van der Waals surface area contributed by atoms with Crippen molar-refractivity contribution in [1.29, 1.82) is 0 Å². The van der Waals surface area contributed by atoms with Crippen LogP contribution in [0, 0.1) is 0 Å². The second kappa shape index (κ2) is 8.43. The highest BCUT2D eigenvalue weighted by Gasteiger charge is 2.23. The van der Waals surface area contributed by atoms with Crippen LogP contribution in [0.3, 0.4) is 0 Å². The number of anilines is 2. The number of pyridine rings is 2. The van der Waals surface area contributed by atoms with Gasteiger partial charge in [0.25, 0.3) is 5.56 Å². The van der Waals surface area contributed by atoms with Gasteiger partial charge in [0.05, 0.1) is 37.9 Å². The number of methoxy groups -OCH3 is 1. The standard InChI is InChI=1S/C25H21Cl2N5O2/c1-25(2,34-3)14-11-17(26)22(18(27)12-14)31-23-15-6-8-28-24(33)21(15)16-10-13(4-5-20(16)30-23)19-7-9-29-32-19/h4-12H,1-3H3,(H,28,33)(H,29,32)(H,30,31). The molecule has 0 spiro atoms. The van der Waals surface area contributed by atoms with Crippen molar-refractivity contribution >= 4 is 56.4 Å². The van der Waals surface area contributed by atoms with Gasteiger partial charge in [-0.25, -0.2) is 4.98 Å². The molecule has 0 fully saturated rings. The first-order valence-corrected chi connectivity index (χ1v) is 11.3. The highest BCUT2D eigenvalue weighted by atomic mass is 35.5. The summed E-state index contributed by atoms with van der Waals surface area (Å²) < 4.78 is 5.55. The lowest BCUT2D eigenvalue weighted by Gasteiger charge is -2.25. The van der Waals surface area contributed by atoms with Crippen LogP contribution in [0.15, 0.2) is 59.7 Å². The molecule has 0 aliphatic carbocycles. The fourth-order valence-electron chi connectivity index (χ4n) is 3.91. The summed E-state index contributed by atoms with van der Waals surface area (Å²) in [5, 5.41) is 12.9. The van der Waals surface area contributed by atoms with Crippen LogP contribution in [0.4, 0.5) is 11.5 Å². The maximum absolute atomic E-state index is 12.9. The van der Waals surface area contributed by atoms with Gasteiger partial charge in [-0.15, -0.1) is 0 Å². The number of nitrogens with one attached hydrogen (secondary N) is 3. The Balaban J connectivity index is 1.69. The van der Waals surface area contributed by atoms with Crippen LogP contribution in [-0.4, -0.2) is 27.3 Å². The summed E-state index contributed by atoms with van der Waals surface area (Å²) in [5.74, 6) is 0.477. The average Bonchev–Trinajstić information content (AvgIpc) is 3.36. The molecule has 172 valence electrons. The first-order valence-electron chi connectivity index (χ1n) is 10.5. The number of ether oxygens (including phenoxy) is 1. The Morgan fingerprint density at radius 3 is 2.47 bits per heavy atom. The van der Waals surface area contributed by atoms with Gasteiger partial charge in [-0.2, -0.15) is 5.10 Å². The van der Waals surface area contributed by atoms with Gasteiger partial charge in [0.2, 0.25) is 0 Å². The SMILES string of the molecule is COC(C)(C)c1cc(Cl)c(Nc2nc3ccc(-c4ccn[nH]4)cc3c3c(=O)[nH]ccc23)c(Cl)c1. The predicted octanol–water partition coefficient (Wildman–Crippen LogP) is 6.40. The van der Waals surface area contributed by atoms with Crippen LogP contribution in [0.2, 0.25) is 10.0 Å². The minimum Gasteiger partial charge on any atom is -0.374 e. The summed E-state index contributed by atoms with van der Waals surface area (Å²) in [7, 11) is 1.63. The third-order valence-electron chi connectivity index (χ3n) is 6.02. The van der Waals surface area contributed by atoms with Gasteiger partial charge in [-0.3, -0.25) is 9.89 Å². The smallest absolute Gasteiger partial charge is 0.256 e. The molecule has 34 heavy (non-hydrogen) atoms. The molecular formula is C25H21Cl2N5O2. The molecule has 5 aromatic rings. The molecule has 3 N–H and O–H groups in total. The first kappa shape index (κ1) is 22.4. The molecule has 3 aromatic heterocycles. The molecule has 9 heteroatoms. The van der Waals surface area contributed by atoms with Gasteiger partial charge >= 0.3 is 0 Å². The number of fused-ring (bicyclic) bond motifs is 3. The van der Waals surface area contributed by atoms with Gasteiger partial charge in [-0.1, -0.05) is 29.3 Å². The van der Waals surface area contributed by atoms with Crippen molar-refractivity contribution in [1.82, 2.24) is 20.2 Å². The van der Waals surface area contributed by atoms with Crippen molar-refractivity contribution in [2.24, 2.45) is 0 Å². The second-order valence-corrected chi connectivity index (χ2v) is 9.23. The lowest BCUT2D eigenvalue weighted by Crippen LogP contribution is -2.19. The fourth-order valence-corrected chi connectivity index (χ4v) is 4.50. The number of aromatic nitrogens is 4. The van der Waals surface area contributed by atoms with Crippen molar-refractivity contribution in [3.63, 3.8) is 0 Å². The summed E-state index contributed by atoms with van der Waals surface area (Å²) >= 11 is 13.2. The molecule has 0 aliphatic rings. The number of H-pyrrole nitrogens is 2. The topological polar surface area (TPSA) is 95.7 Å². The van der Waals surface area contributed by atoms with Crippen LogP contribution >= 0.6 is 23.2 Å². The molecule has 0 saturated heterocycles. The fraction of sp³-hybridized carbons (Fsp3) is 0.160. The van der Waals surface area contributed by atoms with Crippen LogP contribution in [0.5, 0.6) is 0 Å². The first-order chi connectivity index (χ1) is 16.3. The molecule has 7 nitrogen and oxygen atoms in total. The quantitative estimate of drug-likeness (QED) is 0.246. The van der Waals surface area contributed by atoms with Gasteiger partial charge in [0.15, 0.2) is 0 Å². The maximum atomic E-state index is 12.9. The zero-order valence-corrected chi connectivity index (χ0v) is 20.2. The number of hydrogen-bond acceptors (Lipinski definition) is 5. The Morgan fingerprint density at radius 1 is 1.03 bits per heavy atom. The maximum Gasteiger partial charge on any atom is 0.256 e. The van der Waals surface area contributed by atoms with Crippen molar-refractivity contribution in [3.8, 4) is 11.3 Å². The zero-order chi connectivity index (χ0) is 24.0. The molecule has 2 aromatic carbocycles. The number of benzene rings is 2. The van der Waals surface area contributed by atoms with E-state index in [9.17, 15) is 4.79 Å². The predicted molar refractivity (Wildman–Crippen MR) is 137 cm³/mol. The number of nitrogens with zero attached hydrogens (tertiary/aromatic N) is 2. The van der Waals surface area contributed by atoms with E-state index < -0.39 is 5.60 Å². The monoisotopic (exact) mass is 493 g/mol. The molecule has 0 saturated carbocycles. The summed E-state index contributed by atoms with van der Waals surface area (Å²) in [4.78, 5) is 20.5. The largest absolute Gasteiger partial charge is 0.374 e. The van der Waals surface area contributed by atoms with Gasteiger partial charge in [-0.05, 0) is 55.8 Å².